The van der Waals surface area contributed by atoms with E-state index >= 15 is 0 Å². The van der Waals surface area contributed by atoms with Crippen LogP contribution >= 0.6 is 0 Å². The Morgan fingerprint density at radius 3 is 2.74 bits per heavy atom. The quantitative estimate of drug-likeness (QED) is 0.830. The first-order valence-corrected chi connectivity index (χ1v) is 5.79. The number of esters is 1. The van der Waals surface area contributed by atoms with Crippen molar-refractivity contribution < 1.29 is 14.6 Å². The second-order valence-corrected chi connectivity index (χ2v) is 4.43. The summed E-state index contributed by atoms with van der Waals surface area (Å²) in [4.78, 5) is 11.3. The number of carbonyl (C=O) groups excluding carboxylic acids is 1. The van der Waals surface area contributed by atoms with Crippen LogP contribution in [0.5, 0.6) is 0 Å². The van der Waals surface area contributed by atoms with Gasteiger partial charge in [0, 0.05) is 0 Å². The first-order chi connectivity index (χ1) is 9.03. The summed E-state index contributed by atoms with van der Waals surface area (Å²) in [7, 11) is 1.28. The Labute approximate surface area is 110 Å². The molecule has 19 heavy (non-hydrogen) atoms. The molecule has 0 aliphatic heterocycles. The van der Waals surface area contributed by atoms with E-state index in [0.29, 0.717) is 0 Å². The first kappa shape index (κ1) is 13.2. The first-order valence-electron chi connectivity index (χ1n) is 5.79. The predicted molar refractivity (Wildman–Crippen MR) is 67.4 cm³/mol. The van der Waals surface area contributed by atoms with Gasteiger partial charge < -0.3 is 9.84 Å². The smallest absolute Gasteiger partial charge is 0.360 e. The van der Waals surface area contributed by atoms with Gasteiger partial charge in [-0.2, -0.15) is 0 Å². The molecule has 2 aromatic rings. The van der Waals surface area contributed by atoms with E-state index in [4.69, 9.17) is 0 Å². The normalized spacial score (nSPS) is 13.8. The standard InChI is InChI=1S/C13H15N3O3/c1-13(18,10-6-4-3-5-7-10)9-16-8-11(14-15-16)12(17)19-2/h3-8,18H,9H2,1-2H3. The lowest BCUT2D eigenvalue weighted by Crippen LogP contribution is -2.28. The third-order valence-corrected chi connectivity index (χ3v) is 2.80. The lowest BCUT2D eigenvalue weighted by Gasteiger charge is -2.23. The van der Waals surface area contributed by atoms with Crippen molar-refractivity contribution in [2.24, 2.45) is 0 Å². The van der Waals surface area contributed by atoms with Gasteiger partial charge in [0.15, 0.2) is 5.69 Å². The van der Waals surface area contributed by atoms with Gasteiger partial charge in [-0.05, 0) is 12.5 Å². The van der Waals surface area contributed by atoms with Gasteiger partial charge >= 0.3 is 5.97 Å². The van der Waals surface area contributed by atoms with Crippen molar-refractivity contribution in [3.05, 3.63) is 47.8 Å². The Kier molecular flexibility index (Phi) is 3.62. The van der Waals surface area contributed by atoms with Gasteiger partial charge in [-0.15, -0.1) is 5.10 Å². The maximum absolute atomic E-state index is 11.3. The van der Waals surface area contributed by atoms with Gasteiger partial charge in [0.05, 0.1) is 19.9 Å². The summed E-state index contributed by atoms with van der Waals surface area (Å²) in [6.07, 6.45) is 1.45. The Morgan fingerprint density at radius 2 is 2.11 bits per heavy atom. The van der Waals surface area contributed by atoms with Crippen molar-refractivity contribution in [1.82, 2.24) is 15.0 Å². The topological polar surface area (TPSA) is 77.2 Å². The predicted octanol–water partition coefficient (Wildman–Crippen LogP) is 0.972. The summed E-state index contributed by atoms with van der Waals surface area (Å²) in [5.41, 5.74) is -0.209. The largest absolute Gasteiger partial charge is 0.464 e. The van der Waals surface area contributed by atoms with E-state index in [1.165, 1.54) is 18.0 Å². The third kappa shape index (κ3) is 2.97. The number of benzene rings is 1. The number of ether oxygens (including phenoxy) is 1. The van der Waals surface area contributed by atoms with Gasteiger partial charge in [0.1, 0.15) is 5.60 Å². The van der Waals surface area contributed by atoms with Gasteiger partial charge in [-0.3, -0.25) is 0 Å². The van der Waals surface area contributed by atoms with Gasteiger partial charge in [0.2, 0.25) is 0 Å². The zero-order chi connectivity index (χ0) is 13.9. The summed E-state index contributed by atoms with van der Waals surface area (Å²) in [5.74, 6) is -0.550. The molecule has 1 atom stereocenters. The number of hydrogen-bond donors (Lipinski definition) is 1. The molecule has 0 fully saturated rings. The number of methoxy groups -OCH3 is 1. The Bertz CT molecular complexity index is 564. The fraction of sp³-hybridized carbons (Fsp3) is 0.308. The maximum atomic E-state index is 11.3. The minimum atomic E-state index is -1.09. The molecule has 6 heteroatoms. The molecule has 0 spiro atoms. The number of aromatic nitrogens is 3. The molecular weight excluding hydrogens is 246 g/mol. The molecule has 0 amide bonds. The van der Waals surface area contributed by atoms with Crippen LogP contribution in [0.4, 0.5) is 0 Å². The molecule has 0 radical (unpaired) electrons. The van der Waals surface area contributed by atoms with E-state index < -0.39 is 11.6 Å². The van der Waals surface area contributed by atoms with Crippen molar-refractivity contribution >= 4 is 5.97 Å². The van der Waals surface area contributed by atoms with Crippen molar-refractivity contribution in [2.45, 2.75) is 19.1 Å². The van der Waals surface area contributed by atoms with Crippen molar-refractivity contribution in [3.8, 4) is 0 Å². The number of carbonyl (C=O) groups is 1. The van der Waals surface area contributed by atoms with Gasteiger partial charge in [0.25, 0.3) is 0 Å². The average Bonchev–Trinajstić information content (AvgIpc) is 2.86. The fourth-order valence-corrected chi connectivity index (χ4v) is 1.78. The molecule has 100 valence electrons. The number of aliphatic hydroxyl groups is 1. The molecule has 0 saturated carbocycles. The SMILES string of the molecule is COC(=O)c1cn(CC(C)(O)c2ccccc2)nn1. The van der Waals surface area contributed by atoms with E-state index in [9.17, 15) is 9.90 Å². The summed E-state index contributed by atoms with van der Waals surface area (Å²) in [5, 5.41) is 17.9. The molecule has 2 rings (SSSR count). The fourth-order valence-electron chi connectivity index (χ4n) is 1.78. The number of hydrogen-bond acceptors (Lipinski definition) is 5. The van der Waals surface area contributed by atoms with Crippen molar-refractivity contribution in [2.75, 3.05) is 7.11 Å². The highest BCUT2D eigenvalue weighted by Gasteiger charge is 2.24. The minimum absolute atomic E-state index is 0.117. The summed E-state index contributed by atoms with van der Waals surface area (Å²) < 4.78 is 5.96. The van der Waals surface area contributed by atoms with Crippen LogP contribution in [0.25, 0.3) is 0 Å². The highest BCUT2D eigenvalue weighted by Crippen LogP contribution is 2.21. The van der Waals surface area contributed by atoms with E-state index in [1.54, 1.807) is 6.92 Å². The van der Waals surface area contributed by atoms with Crippen LogP contribution in [-0.4, -0.2) is 33.2 Å². The Hall–Kier alpha value is -2.21. The summed E-state index contributed by atoms with van der Waals surface area (Å²) in [6.45, 7) is 1.88. The lowest BCUT2D eigenvalue weighted by molar-refractivity contribution is 0.0340. The van der Waals surface area contributed by atoms with Crippen LogP contribution < -0.4 is 0 Å². The number of nitrogens with zero attached hydrogens (tertiary/aromatic N) is 3. The minimum Gasteiger partial charge on any atom is -0.464 e. The van der Waals surface area contributed by atoms with E-state index in [-0.39, 0.29) is 12.2 Å². The molecule has 0 saturated heterocycles. The molecule has 0 aliphatic rings. The highest BCUT2D eigenvalue weighted by molar-refractivity contribution is 5.86. The highest BCUT2D eigenvalue weighted by atomic mass is 16.5. The molecule has 0 aliphatic carbocycles. The van der Waals surface area contributed by atoms with E-state index in [2.05, 4.69) is 15.0 Å². The van der Waals surface area contributed by atoms with E-state index in [0.717, 1.165) is 5.56 Å². The second-order valence-electron chi connectivity index (χ2n) is 4.43. The van der Waals surface area contributed by atoms with Crippen LogP contribution in [0.3, 0.4) is 0 Å². The van der Waals surface area contributed by atoms with Crippen molar-refractivity contribution in [3.63, 3.8) is 0 Å². The van der Waals surface area contributed by atoms with Crippen LogP contribution in [0.15, 0.2) is 36.5 Å². The number of rotatable bonds is 4. The zero-order valence-electron chi connectivity index (χ0n) is 10.8. The van der Waals surface area contributed by atoms with Crippen LogP contribution in [-0.2, 0) is 16.9 Å². The van der Waals surface area contributed by atoms with Crippen LogP contribution in [0, 0.1) is 0 Å². The third-order valence-electron chi connectivity index (χ3n) is 2.80. The second kappa shape index (κ2) is 5.19. The van der Waals surface area contributed by atoms with Crippen molar-refractivity contribution in [1.29, 1.82) is 0 Å². The average molecular weight is 261 g/mol. The molecule has 1 aromatic carbocycles. The van der Waals surface area contributed by atoms with Gasteiger partial charge in [-0.1, -0.05) is 35.5 Å². The summed E-state index contributed by atoms with van der Waals surface area (Å²) >= 11 is 0. The molecule has 1 heterocycles. The van der Waals surface area contributed by atoms with Gasteiger partial charge in [-0.25, -0.2) is 9.48 Å². The molecular formula is C13H15N3O3. The zero-order valence-corrected chi connectivity index (χ0v) is 10.8. The van der Waals surface area contributed by atoms with Crippen LogP contribution in [0.1, 0.15) is 23.0 Å². The maximum Gasteiger partial charge on any atom is 0.360 e. The molecule has 1 unspecified atom stereocenters. The molecule has 1 aromatic heterocycles. The Morgan fingerprint density at radius 1 is 1.42 bits per heavy atom. The monoisotopic (exact) mass is 261 g/mol. The molecule has 6 nitrogen and oxygen atoms in total. The van der Waals surface area contributed by atoms with E-state index in [1.807, 2.05) is 30.3 Å². The van der Waals surface area contributed by atoms with Crippen LogP contribution in [0.2, 0.25) is 0 Å². The molecule has 1 N–H and O–H groups in total. The Balaban J connectivity index is 2.16. The summed E-state index contributed by atoms with van der Waals surface area (Å²) in [6, 6.07) is 9.25. The molecule has 0 bridgehead atoms. The lowest BCUT2D eigenvalue weighted by atomic mass is 9.96.